The number of carbonyl (C=O) groups is 3. The normalized spacial score (nSPS) is 14.0. The van der Waals surface area contributed by atoms with Gasteiger partial charge in [-0.3, -0.25) is 30.3 Å². The molecule has 0 unspecified atom stereocenters. The summed E-state index contributed by atoms with van der Waals surface area (Å²) in [6.45, 7) is 0. The molecule has 1 aromatic carbocycles. The number of nitro groups is 1. The minimum absolute atomic E-state index is 0.216. The maximum Gasteiger partial charge on any atom is 0.328 e. The number of barbiturate groups is 1. The largest absolute Gasteiger partial charge is 0.328 e. The zero-order chi connectivity index (χ0) is 18.8. The van der Waals surface area contributed by atoms with Gasteiger partial charge in [-0.1, -0.05) is 0 Å². The van der Waals surface area contributed by atoms with Crippen LogP contribution in [0.5, 0.6) is 0 Å². The van der Waals surface area contributed by atoms with Gasteiger partial charge in [0, 0.05) is 24.1 Å². The fraction of sp³-hybridized carbons (Fsp3) is 0.0714. The van der Waals surface area contributed by atoms with Gasteiger partial charge < -0.3 is 4.57 Å². The van der Waals surface area contributed by atoms with Gasteiger partial charge in [0.05, 0.1) is 4.92 Å². The van der Waals surface area contributed by atoms with Gasteiger partial charge in [-0.25, -0.2) is 4.79 Å². The number of benzene rings is 1. The number of aryl methyl sites for hydroxylation is 1. The van der Waals surface area contributed by atoms with Crippen molar-refractivity contribution in [2.75, 3.05) is 0 Å². The molecule has 0 radical (unpaired) electrons. The Labute approximate surface area is 149 Å². The average molecular weight is 374 g/mol. The first kappa shape index (κ1) is 17.3. The van der Waals surface area contributed by atoms with Crippen LogP contribution in [0.4, 0.5) is 10.5 Å². The maximum atomic E-state index is 11.9. The van der Waals surface area contributed by atoms with E-state index < -0.39 is 22.8 Å². The standard InChI is InChI=1S/C14H10N6O5S/c1-19-6-15-18-14(19)26-10-3-2-8(20(24)25)4-7(10)5-9-11(21)16-13(23)17-12(9)22/h2-6H,1H3,(H2,16,17,21,22,23). The van der Waals surface area contributed by atoms with Crippen LogP contribution in [-0.2, 0) is 16.6 Å². The highest BCUT2D eigenvalue weighted by atomic mass is 32.2. The van der Waals surface area contributed by atoms with E-state index in [0.29, 0.717) is 10.1 Å². The molecule has 132 valence electrons. The molecule has 2 N–H and O–H groups in total. The van der Waals surface area contributed by atoms with E-state index in [9.17, 15) is 24.5 Å². The molecule has 0 bridgehead atoms. The van der Waals surface area contributed by atoms with Gasteiger partial charge in [-0.05, 0) is 29.5 Å². The van der Waals surface area contributed by atoms with E-state index in [1.807, 2.05) is 10.6 Å². The molecule has 1 aromatic heterocycles. The number of aromatic nitrogens is 3. The van der Waals surface area contributed by atoms with Crippen molar-refractivity contribution < 1.29 is 19.3 Å². The predicted molar refractivity (Wildman–Crippen MR) is 87.9 cm³/mol. The van der Waals surface area contributed by atoms with Crippen LogP contribution in [-0.4, -0.2) is 37.5 Å². The van der Waals surface area contributed by atoms with Crippen LogP contribution in [0, 0.1) is 10.1 Å². The summed E-state index contributed by atoms with van der Waals surface area (Å²) >= 11 is 1.15. The van der Waals surface area contributed by atoms with E-state index in [1.165, 1.54) is 30.6 Å². The van der Waals surface area contributed by atoms with Crippen LogP contribution in [0.2, 0.25) is 0 Å². The van der Waals surface area contributed by atoms with Crippen molar-refractivity contribution in [3.63, 3.8) is 0 Å². The molecule has 4 amide bonds. The second-order valence-corrected chi connectivity index (χ2v) is 6.11. The lowest BCUT2D eigenvalue weighted by Gasteiger charge is -2.14. The molecule has 0 spiro atoms. The summed E-state index contributed by atoms with van der Waals surface area (Å²) < 4.78 is 1.64. The number of nitrogens with zero attached hydrogens (tertiary/aromatic N) is 4. The zero-order valence-corrected chi connectivity index (χ0v) is 13.9. The Bertz CT molecular complexity index is 960. The van der Waals surface area contributed by atoms with Crippen molar-refractivity contribution in [1.29, 1.82) is 0 Å². The number of non-ortho nitro benzene ring substituents is 1. The number of nitrogens with one attached hydrogen (secondary N) is 2. The van der Waals surface area contributed by atoms with E-state index in [2.05, 4.69) is 10.2 Å². The number of nitro benzene ring substituents is 1. The summed E-state index contributed by atoms with van der Waals surface area (Å²) in [6.07, 6.45) is 2.67. The van der Waals surface area contributed by atoms with Crippen LogP contribution in [0.25, 0.3) is 6.08 Å². The molecule has 3 rings (SSSR count). The summed E-state index contributed by atoms with van der Waals surface area (Å²) in [4.78, 5) is 45.9. The lowest BCUT2D eigenvalue weighted by atomic mass is 10.1. The van der Waals surface area contributed by atoms with Crippen LogP contribution < -0.4 is 10.6 Å². The first-order valence-corrected chi connectivity index (χ1v) is 7.85. The van der Waals surface area contributed by atoms with Crippen molar-refractivity contribution in [1.82, 2.24) is 25.4 Å². The van der Waals surface area contributed by atoms with Gasteiger partial charge in [0.2, 0.25) is 0 Å². The lowest BCUT2D eigenvalue weighted by molar-refractivity contribution is -0.384. The highest BCUT2D eigenvalue weighted by Crippen LogP contribution is 2.32. The van der Waals surface area contributed by atoms with Crippen LogP contribution in [0.3, 0.4) is 0 Å². The van der Waals surface area contributed by atoms with E-state index in [0.717, 1.165) is 11.8 Å². The van der Waals surface area contributed by atoms with Crippen LogP contribution in [0.15, 0.2) is 40.2 Å². The topological polar surface area (TPSA) is 149 Å². The molecule has 26 heavy (non-hydrogen) atoms. The summed E-state index contributed by atoms with van der Waals surface area (Å²) in [5.41, 5.74) is -0.307. The first-order valence-electron chi connectivity index (χ1n) is 7.04. The Kier molecular flexibility index (Phi) is 4.49. The van der Waals surface area contributed by atoms with Crippen molar-refractivity contribution in [3.8, 4) is 0 Å². The predicted octanol–water partition coefficient (Wildman–Crippen LogP) is 0.624. The van der Waals surface area contributed by atoms with Gasteiger partial charge in [-0.2, -0.15) is 0 Å². The van der Waals surface area contributed by atoms with Crippen molar-refractivity contribution in [2.45, 2.75) is 10.1 Å². The Morgan fingerprint density at radius 1 is 1.23 bits per heavy atom. The highest BCUT2D eigenvalue weighted by molar-refractivity contribution is 7.99. The summed E-state index contributed by atoms with van der Waals surface area (Å²) in [5.74, 6) is -1.78. The van der Waals surface area contributed by atoms with Crippen molar-refractivity contribution in [2.24, 2.45) is 7.05 Å². The minimum Gasteiger partial charge on any atom is -0.311 e. The number of hydrogen-bond donors (Lipinski definition) is 2. The molecule has 1 aliphatic heterocycles. The molecular weight excluding hydrogens is 364 g/mol. The van der Waals surface area contributed by atoms with Crippen LogP contribution >= 0.6 is 11.8 Å². The number of urea groups is 1. The van der Waals surface area contributed by atoms with Gasteiger partial charge >= 0.3 is 6.03 Å². The first-order chi connectivity index (χ1) is 12.3. The smallest absolute Gasteiger partial charge is 0.311 e. The molecule has 2 heterocycles. The number of amides is 4. The van der Waals surface area contributed by atoms with Crippen LogP contribution in [0.1, 0.15) is 5.56 Å². The second-order valence-electron chi connectivity index (χ2n) is 5.10. The Morgan fingerprint density at radius 2 is 1.92 bits per heavy atom. The highest BCUT2D eigenvalue weighted by Gasteiger charge is 2.28. The molecule has 11 nitrogen and oxygen atoms in total. The molecule has 1 saturated heterocycles. The molecule has 0 atom stereocenters. The number of hydrogen-bond acceptors (Lipinski definition) is 8. The Hall–Kier alpha value is -3.54. The van der Waals surface area contributed by atoms with E-state index >= 15 is 0 Å². The van der Waals surface area contributed by atoms with Crippen molar-refractivity contribution in [3.05, 3.63) is 45.8 Å². The molecule has 12 heteroatoms. The SMILES string of the molecule is Cn1cnnc1Sc1ccc([N+](=O)[O-])cc1C=C1C(=O)NC(=O)NC1=O. The lowest BCUT2D eigenvalue weighted by Crippen LogP contribution is -2.51. The summed E-state index contributed by atoms with van der Waals surface area (Å²) in [6, 6.07) is 3.08. The van der Waals surface area contributed by atoms with Crippen molar-refractivity contribution >= 4 is 41.4 Å². The monoisotopic (exact) mass is 374 g/mol. The third-order valence-electron chi connectivity index (χ3n) is 3.32. The Morgan fingerprint density at radius 3 is 2.50 bits per heavy atom. The van der Waals surface area contributed by atoms with Gasteiger partial charge in [0.25, 0.3) is 17.5 Å². The minimum atomic E-state index is -0.926. The number of imide groups is 2. The molecule has 2 aromatic rings. The second kappa shape index (κ2) is 6.76. The summed E-state index contributed by atoms with van der Waals surface area (Å²) in [7, 11) is 1.72. The number of carbonyl (C=O) groups excluding carboxylic acids is 3. The van der Waals surface area contributed by atoms with Gasteiger partial charge in [0.15, 0.2) is 5.16 Å². The molecule has 0 aliphatic carbocycles. The Balaban J connectivity index is 2.07. The molecule has 1 aliphatic rings. The molecular formula is C14H10N6O5S. The molecule has 0 saturated carbocycles. The van der Waals surface area contributed by atoms with Gasteiger partial charge in [0.1, 0.15) is 11.9 Å². The maximum absolute atomic E-state index is 11.9. The quantitative estimate of drug-likeness (QED) is 0.342. The summed E-state index contributed by atoms with van der Waals surface area (Å²) in [5, 5.41) is 23.1. The third kappa shape index (κ3) is 3.44. The van der Waals surface area contributed by atoms with E-state index in [1.54, 1.807) is 11.6 Å². The fourth-order valence-corrected chi connectivity index (χ4v) is 2.93. The molecule has 1 fully saturated rings. The zero-order valence-electron chi connectivity index (χ0n) is 13.1. The average Bonchev–Trinajstić information content (AvgIpc) is 2.97. The fourth-order valence-electron chi connectivity index (χ4n) is 2.08. The van der Waals surface area contributed by atoms with E-state index in [-0.39, 0.29) is 16.8 Å². The third-order valence-corrected chi connectivity index (χ3v) is 4.46. The number of rotatable bonds is 4. The van der Waals surface area contributed by atoms with Gasteiger partial charge in [-0.15, -0.1) is 10.2 Å². The van der Waals surface area contributed by atoms with E-state index in [4.69, 9.17) is 0 Å².